The standard InChI is InChI=1S/C23H26N4O3/c28-16-23(17-30-14-21-8-4-12-27(21)23)15-25-22(29)26-20-7-3-5-18(13-20)9-10-19-6-1-2-11-24-19/h1-3,5-7,11,13,21,28H,4,8,12,14-17H2,(H2,25,26,29)/t21-,23+/m0/s1. The normalized spacial score (nSPS) is 23.2. The number of amides is 2. The van der Waals surface area contributed by atoms with Crippen LogP contribution >= 0.6 is 0 Å². The minimum Gasteiger partial charge on any atom is -0.394 e. The van der Waals surface area contributed by atoms with Crippen LogP contribution in [0, 0.1) is 11.8 Å². The maximum atomic E-state index is 12.5. The Kier molecular flexibility index (Phi) is 6.29. The third-order valence-electron chi connectivity index (χ3n) is 5.66. The highest BCUT2D eigenvalue weighted by atomic mass is 16.5. The lowest BCUT2D eigenvalue weighted by Crippen LogP contribution is -2.66. The second-order valence-corrected chi connectivity index (χ2v) is 7.74. The molecule has 2 atom stereocenters. The second kappa shape index (κ2) is 9.26. The summed E-state index contributed by atoms with van der Waals surface area (Å²) in [5.74, 6) is 6.07. The van der Waals surface area contributed by atoms with Crippen LogP contribution in [0.4, 0.5) is 10.5 Å². The number of anilines is 1. The van der Waals surface area contributed by atoms with Crippen LogP contribution in [0.25, 0.3) is 0 Å². The molecule has 2 aliphatic heterocycles. The zero-order valence-corrected chi connectivity index (χ0v) is 16.8. The second-order valence-electron chi connectivity index (χ2n) is 7.74. The smallest absolute Gasteiger partial charge is 0.319 e. The van der Waals surface area contributed by atoms with Gasteiger partial charge in [-0.1, -0.05) is 18.1 Å². The molecule has 0 spiro atoms. The Hall–Kier alpha value is -2.92. The molecule has 0 saturated carbocycles. The third kappa shape index (κ3) is 4.62. The molecule has 3 N–H and O–H groups in total. The number of aliphatic hydroxyl groups excluding tert-OH is 1. The summed E-state index contributed by atoms with van der Waals surface area (Å²) in [7, 11) is 0. The Labute approximate surface area is 176 Å². The van der Waals surface area contributed by atoms with Gasteiger partial charge in [0.15, 0.2) is 0 Å². The van der Waals surface area contributed by atoms with Crippen molar-refractivity contribution in [3.8, 4) is 11.8 Å². The first-order valence-corrected chi connectivity index (χ1v) is 10.2. The van der Waals surface area contributed by atoms with E-state index in [1.807, 2.05) is 42.5 Å². The summed E-state index contributed by atoms with van der Waals surface area (Å²) in [6, 6.07) is 12.9. The molecule has 2 saturated heterocycles. The molecule has 7 heteroatoms. The fraction of sp³-hybridized carbons (Fsp3) is 0.391. The number of hydrogen-bond acceptors (Lipinski definition) is 5. The van der Waals surface area contributed by atoms with Crippen molar-refractivity contribution in [1.29, 1.82) is 0 Å². The van der Waals surface area contributed by atoms with E-state index in [-0.39, 0.29) is 12.6 Å². The highest BCUT2D eigenvalue weighted by Crippen LogP contribution is 2.31. The number of nitrogens with one attached hydrogen (secondary N) is 2. The Balaban J connectivity index is 1.37. The van der Waals surface area contributed by atoms with Gasteiger partial charge < -0.3 is 20.5 Å². The summed E-state index contributed by atoms with van der Waals surface area (Å²) in [5, 5.41) is 15.8. The van der Waals surface area contributed by atoms with Crippen molar-refractivity contribution >= 4 is 11.7 Å². The highest BCUT2D eigenvalue weighted by molar-refractivity contribution is 5.89. The molecular weight excluding hydrogens is 380 g/mol. The summed E-state index contributed by atoms with van der Waals surface area (Å²) in [6.07, 6.45) is 3.86. The first-order valence-electron chi connectivity index (χ1n) is 10.2. The quantitative estimate of drug-likeness (QED) is 0.675. The molecule has 156 valence electrons. The molecule has 2 amide bonds. The summed E-state index contributed by atoms with van der Waals surface area (Å²) >= 11 is 0. The number of nitrogens with zero attached hydrogens (tertiary/aromatic N) is 2. The molecule has 0 unspecified atom stereocenters. The van der Waals surface area contributed by atoms with Gasteiger partial charge in [-0.15, -0.1) is 0 Å². The summed E-state index contributed by atoms with van der Waals surface area (Å²) < 4.78 is 5.73. The first kappa shape index (κ1) is 20.4. The number of morpholine rings is 1. The largest absolute Gasteiger partial charge is 0.394 e. The Bertz CT molecular complexity index is 940. The van der Waals surface area contributed by atoms with Gasteiger partial charge >= 0.3 is 6.03 Å². The molecule has 1 aromatic heterocycles. The number of hydrogen-bond donors (Lipinski definition) is 3. The van der Waals surface area contributed by atoms with Crippen molar-refractivity contribution in [2.75, 3.05) is 38.2 Å². The Morgan fingerprint density at radius 3 is 3.07 bits per heavy atom. The Morgan fingerprint density at radius 2 is 2.23 bits per heavy atom. The van der Waals surface area contributed by atoms with Crippen molar-refractivity contribution in [2.24, 2.45) is 0 Å². The number of benzene rings is 1. The molecule has 0 radical (unpaired) electrons. The lowest BCUT2D eigenvalue weighted by Gasteiger charge is -2.47. The number of urea groups is 1. The molecule has 0 bridgehead atoms. The van der Waals surface area contributed by atoms with Crippen LogP contribution in [-0.2, 0) is 4.74 Å². The third-order valence-corrected chi connectivity index (χ3v) is 5.66. The summed E-state index contributed by atoms with van der Waals surface area (Å²) in [5.41, 5.74) is 1.56. The number of carbonyl (C=O) groups is 1. The van der Waals surface area contributed by atoms with Crippen LogP contribution in [0.15, 0.2) is 48.7 Å². The van der Waals surface area contributed by atoms with Crippen LogP contribution < -0.4 is 10.6 Å². The zero-order chi connectivity index (χ0) is 20.8. The fourth-order valence-electron chi connectivity index (χ4n) is 4.11. The van der Waals surface area contributed by atoms with Crippen LogP contribution in [0.3, 0.4) is 0 Å². The predicted molar refractivity (Wildman–Crippen MR) is 114 cm³/mol. The van der Waals surface area contributed by atoms with E-state index in [0.717, 1.165) is 24.9 Å². The fourth-order valence-corrected chi connectivity index (χ4v) is 4.11. The molecule has 30 heavy (non-hydrogen) atoms. The van der Waals surface area contributed by atoms with Gasteiger partial charge in [-0.2, -0.15) is 0 Å². The summed E-state index contributed by atoms with van der Waals surface area (Å²) in [6.45, 7) is 2.31. The number of fused-ring (bicyclic) bond motifs is 1. The van der Waals surface area contributed by atoms with Crippen LogP contribution in [-0.4, -0.2) is 65.5 Å². The number of rotatable bonds is 4. The molecule has 2 aliphatic rings. The van der Waals surface area contributed by atoms with Crippen molar-refractivity contribution in [2.45, 2.75) is 24.4 Å². The highest BCUT2D eigenvalue weighted by Gasteiger charge is 2.46. The molecule has 1 aromatic carbocycles. The molecule has 0 aliphatic carbocycles. The minimum atomic E-state index is -0.563. The van der Waals surface area contributed by atoms with E-state index in [2.05, 4.69) is 32.4 Å². The lowest BCUT2D eigenvalue weighted by molar-refractivity contribution is -0.105. The van der Waals surface area contributed by atoms with E-state index < -0.39 is 5.54 Å². The number of aromatic nitrogens is 1. The summed E-state index contributed by atoms with van der Waals surface area (Å²) in [4.78, 5) is 19.0. The van der Waals surface area contributed by atoms with Gasteiger partial charge in [0.25, 0.3) is 0 Å². The van der Waals surface area contributed by atoms with Gasteiger partial charge in [-0.25, -0.2) is 9.78 Å². The SMILES string of the molecule is O=C(NC[C@@]1(CO)COC[C@@H]2CCCN21)Nc1cccc(C#Cc2ccccn2)c1. The zero-order valence-electron chi connectivity index (χ0n) is 16.8. The number of carbonyl (C=O) groups excluding carboxylic acids is 1. The molecule has 7 nitrogen and oxygen atoms in total. The van der Waals surface area contributed by atoms with E-state index in [1.165, 1.54) is 0 Å². The number of pyridine rings is 1. The van der Waals surface area contributed by atoms with E-state index in [0.29, 0.717) is 37.2 Å². The van der Waals surface area contributed by atoms with Crippen molar-refractivity contribution in [3.05, 3.63) is 59.9 Å². The van der Waals surface area contributed by atoms with Crippen molar-refractivity contribution in [1.82, 2.24) is 15.2 Å². The Morgan fingerprint density at radius 1 is 1.30 bits per heavy atom. The van der Waals surface area contributed by atoms with Gasteiger partial charge in [0.05, 0.1) is 25.4 Å². The van der Waals surface area contributed by atoms with Gasteiger partial charge in [0.2, 0.25) is 0 Å². The number of aliphatic hydroxyl groups is 1. The monoisotopic (exact) mass is 406 g/mol. The van der Waals surface area contributed by atoms with Crippen LogP contribution in [0.1, 0.15) is 24.1 Å². The van der Waals surface area contributed by atoms with Crippen LogP contribution in [0.5, 0.6) is 0 Å². The van der Waals surface area contributed by atoms with E-state index in [4.69, 9.17) is 4.74 Å². The topological polar surface area (TPSA) is 86.7 Å². The lowest BCUT2D eigenvalue weighted by atomic mass is 9.96. The van der Waals surface area contributed by atoms with E-state index in [1.54, 1.807) is 6.20 Å². The van der Waals surface area contributed by atoms with E-state index in [9.17, 15) is 9.90 Å². The van der Waals surface area contributed by atoms with Gasteiger partial charge in [0.1, 0.15) is 5.69 Å². The minimum absolute atomic E-state index is 0.0532. The molecule has 2 aromatic rings. The molecule has 3 heterocycles. The van der Waals surface area contributed by atoms with Gasteiger partial charge in [0, 0.05) is 30.0 Å². The molecular formula is C23H26N4O3. The first-order chi connectivity index (χ1) is 14.7. The maximum absolute atomic E-state index is 12.5. The van der Waals surface area contributed by atoms with Crippen molar-refractivity contribution < 1.29 is 14.6 Å². The molecule has 2 fully saturated rings. The average molecular weight is 406 g/mol. The van der Waals surface area contributed by atoms with Gasteiger partial charge in [-0.3, -0.25) is 4.90 Å². The van der Waals surface area contributed by atoms with Gasteiger partial charge in [-0.05, 0) is 55.6 Å². The predicted octanol–water partition coefficient (Wildman–Crippen LogP) is 1.83. The molecule has 4 rings (SSSR count). The van der Waals surface area contributed by atoms with Crippen LogP contribution in [0.2, 0.25) is 0 Å². The van der Waals surface area contributed by atoms with Crippen molar-refractivity contribution in [3.63, 3.8) is 0 Å². The number of ether oxygens (including phenoxy) is 1. The average Bonchev–Trinajstić information content (AvgIpc) is 3.27. The van der Waals surface area contributed by atoms with E-state index >= 15 is 0 Å². The maximum Gasteiger partial charge on any atom is 0.319 e.